The molecule has 0 aliphatic heterocycles. The Labute approximate surface area is 310 Å². The quantitative estimate of drug-likeness (QED) is 0.0286. The molecule has 9 heteroatoms. The van der Waals surface area contributed by atoms with E-state index in [1.165, 1.54) is 64.2 Å². The van der Waals surface area contributed by atoms with E-state index in [9.17, 15) is 14.2 Å². The zero-order valence-electron chi connectivity index (χ0n) is 32.0. The van der Waals surface area contributed by atoms with Gasteiger partial charge in [-0.15, -0.1) is 0 Å². The third kappa shape index (κ3) is 40.1. The Morgan fingerprint density at radius 1 is 0.529 bits per heavy atom. The first-order valence-electron chi connectivity index (χ1n) is 19.7. The van der Waals surface area contributed by atoms with E-state index in [1.807, 2.05) is 12.2 Å². The van der Waals surface area contributed by atoms with Crippen LogP contribution in [0.3, 0.4) is 0 Å². The van der Waals surface area contributed by atoms with Gasteiger partial charge in [-0.1, -0.05) is 170 Å². The molecule has 0 aliphatic carbocycles. The van der Waals surface area contributed by atoms with E-state index in [1.54, 1.807) is 0 Å². The highest BCUT2D eigenvalue weighted by atomic mass is 31.2. The fourth-order valence-electron chi connectivity index (χ4n) is 5.10. The lowest BCUT2D eigenvalue weighted by Gasteiger charge is -2.18. The van der Waals surface area contributed by atoms with Crippen molar-refractivity contribution in [1.29, 1.82) is 0 Å². The lowest BCUT2D eigenvalue weighted by Crippen LogP contribution is -2.29. The van der Waals surface area contributed by atoms with Crippen LogP contribution in [0.15, 0.2) is 72.9 Å². The van der Waals surface area contributed by atoms with Crippen LogP contribution in [-0.2, 0) is 28.2 Å². The summed E-state index contributed by atoms with van der Waals surface area (Å²) in [4.78, 5) is 42.7. The van der Waals surface area contributed by atoms with E-state index in [4.69, 9.17) is 19.3 Å². The molecular weight excluding hydrogens is 663 g/mol. The fourth-order valence-corrected chi connectivity index (χ4v) is 5.46. The second-order valence-corrected chi connectivity index (χ2v) is 14.1. The third-order valence-electron chi connectivity index (χ3n) is 8.00. The maximum atomic E-state index is 12.4. The molecule has 0 aromatic rings. The van der Waals surface area contributed by atoms with Crippen LogP contribution in [0.1, 0.15) is 162 Å². The van der Waals surface area contributed by atoms with Gasteiger partial charge in [-0.3, -0.25) is 14.1 Å². The molecule has 1 atom stereocenters. The molecule has 0 saturated carbocycles. The normalized spacial score (nSPS) is 13.3. The van der Waals surface area contributed by atoms with Crippen molar-refractivity contribution in [1.82, 2.24) is 0 Å². The number of hydrogen-bond acceptors (Lipinski definition) is 6. The first kappa shape index (κ1) is 48.5. The number of carbonyl (C=O) groups is 2. The maximum absolute atomic E-state index is 12.4. The highest BCUT2D eigenvalue weighted by Crippen LogP contribution is 2.36. The zero-order chi connectivity index (χ0) is 37.5. The van der Waals surface area contributed by atoms with Crippen LogP contribution in [-0.4, -0.2) is 41.0 Å². The lowest BCUT2D eigenvalue weighted by molar-refractivity contribution is -0.161. The summed E-state index contributed by atoms with van der Waals surface area (Å²) in [5.74, 6) is -0.985. The molecule has 0 spiro atoms. The number of phosphoric ester groups is 1. The van der Waals surface area contributed by atoms with Crippen LogP contribution in [0.25, 0.3) is 0 Å². The molecule has 0 heterocycles. The van der Waals surface area contributed by atoms with Gasteiger partial charge in [0, 0.05) is 12.8 Å². The van der Waals surface area contributed by atoms with E-state index in [0.717, 1.165) is 57.8 Å². The molecule has 0 aromatic carbocycles. The van der Waals surface area contributed by atoms with E-state index < -0.39 is 32.5 Å². The van der Waals surface area contributed by atoms with Gasteiger partial charge in [0.05, 0.1) is 6.61 Å². The van der Waals surface area contributed by atoms with Gasteiger partial charge < -0.3 is 19.3 Å². The molecule has 0 rings (SSSR count). The van der Waals surface area contributed by atoms with E-state index in [0.29, 0.717) is 12.8 Å². The number of hydrogen-bond donors (Lipinski definition) is 2. The minimum Gasteiger partial charge on any atom is -0.462 e. The Morgan fingerprint density at radius 3 is 1.37 bits per heavy atom. The van der Waals surface area contributed by atoms with Gasteiger partial charge in [-0.25, -0.2) is 4.57 Å². The van der Waals surface area contributed by atoms with Crippen LogP contribution >= 0.6 is 7.82 Å². The fraction of sp³-hybridized carbons (Fsp3) is 0.667. The van der Waals surface area contributed by atoms with Crippen LogP contribution in [0.5, 0.6) is 0 Å². The molecule has 0 radical (unpaired) electrons. The Kier molecular flexibility index (Phi) is 35.4. The molecule has 0 bridgehead atoms. The van der Waals surface area contributed by atoms with Gasteiger partial charge in [-0.2, -0.15) is 0 Å². The number of unbranched alkanes of at least 4 members (excludes halogenated alkanes) is 13. The van der Waals surface area contributed by atoms with Crippen molar-refractivity contribution < 1.29 is 37.9 Å². The summed E-state index contributed by atoms with van der Waals surface area (Å²) in [5.41, 5.74) is 0. The van der Waals surface area contributed by atoms with Crippen molar-refractivity contribution in [3.05, 3.63) is 72.9 Å². The molecule has 0 aliphatic rings. The number of rotatable bonds is 35. The number of phosphoric acid groups is 1. The van der Waals surface area contributed by atoms with Crippen molar-refractivity contribution >= 4 is 19.8 Å². The summed E-state index contributed by atoms with van der Waals surface area (Å²) < 4.78 is 26.3. The summed E-state index contributed by atoms with van der Waals surface area (Å²) in [6, 6.07) is 0. The minimum atomic E-state index is -4.77. The molecule has 0 aromatic heterocycles. The Balaban J connectivity index is 4.08. The highest BCUT2D eigenvalue weighted by molar-refractivity contribution is 7.46. The van der Waals surface area contributed by atoms with E-state index in [-0.39, 0.29) is 19.4 Å². The van der Waals surface area contributed by atoms with Crippen molar-refractivity contribution in [3.63, 3.8) is 0 Å². The van der Waals surface area contributed by atoms with Crippen LogP contribution in [0, 0.1) is 0 Å². The van der Waals surface area contributed by atoms with Gasteiger partial charge in [-0.05, 0) is 51.4 Å². The average molecular weight is 735 g/mol. The second-order valence-electron chi connectivity index (χ2n) is 12.9. The predicted molar refractivity (Wildman–Crippen MR) is 211 cm³/mol. The molecule has 2 N–H and O–H groups in total. The molecule has 51 heavy (non-hydrogen) atoms. The number of carbonyl (C=O) groups excluding carboxylic acids is 2. The largest absolute Gasteiger partial charge is 0.469 e. The lowest BCUT2D eigenvalue weighted by atomic mass is 10.0. The Hall–Kier alpha value is -2.51. The smallest absolute Gasteiger partial charge is 0.462 e. The van der Waals surface area contributed by atoms with Gasteiger partial charge in [0.1, 0.15) is 6.61 Å². The summed E-state index contributed by atoms with van der Waals surface area (Å²) >= 11 is 0. The van der Waals surface area contributed by atoms with Gasteiger partial charge in [0.15, 0.2) is 6.10 Å². The van der Waals surface area contributed by atoms with Crippen LogP contribution < -0.4 is 0 Å². The Bertz CT molecular complexity index is 1050. The molecular formula is C42H71O8P. The van der Waals surface area contributed by atoms with Crippen LogP contribution in [0.4, 0.5) is 0 Å². The Morgan fingerprint density at radius 2 is 0.941 bits per heavy atom. The van der Waals surface area contributed by atoms with E-state index in [2.05, 4.69) is 79.1 Å². The zero-order valence-corrected chi connectivity index (χ0v) is 32.9. The molecule has 0 saturated heterocycles. The van der Waals surface area contributed by atoms with E-state index >= 15 is 0 Å². The second kappa shape index (κ2) is 37.3. The molecule has 0 fully saturated rings. The predicted octanol–water partition coefficient (Wildman–Crippen LogP) is 11.9. The van der Waals surface area contributed by atoms with Crippen molar-refractivity contribution in [2.45, 2.75) is 168 Å². The molecule has 292 valence electrons. The van der Waals surface area contributed by atoms with Gasteiger partial charge >= 0.3 is 19.8 Å². The maximum Gasteiger partial charge on any atom is 0.469 e. The average Bonchev–Trinajstić information content (AvgIpc) is 3.10. The highest BCUT2D eigenvalue weighted by Gasteiger charge is 2.22. The van der Waals surface area contributed by atoms with Crippen molar-refractivity contribution in [2.75, 3.05) is 13.2 Å². The van der Waals surface area contributed by atoms with Gasteiger partial charge in [0.25, 0.3) is 0 Å². The number of ether oxygens (including phenoxy) is 2. The topological polar surface area (TPSA) is 119 Å². The molecule has 0 amide bonds. The summed E-state index contributed by atoms with van der Waals surface area (Å²) in [6.45, 7) is 3.49. The SMILES string of the molecule is CC/C=C\C/C=C\C/C=C\C/C=C\C/C=C\C/C=C\CCC(=O)OC[C@H](COP(=O)(O)O)OC(=O)CCCCCCCCCCCCCCCC. The molecule has 8 nitrogen and oxygen atoms in total. The number of esters is 2. The summed E-state index contributed by atoms with van der Waals surface area (Å²) in [7, 11) is -4.77. The first-order chi connectivity index (χ1) is 24.8. The van der Waals surface area contributed by atoms with Crippen molar-refractivity contribution in [3.8, 4) is 0 Å². The van der Waals surface area contributed by atoms with Crippen LogP contribution in [0.2, 0.25) is 0 Å². The summed E-state index contributed by atoms with van der Waals surface area (Å²) in [5, 5.41) is 0. The number of allylic oxidation sites excluding steroid dienone is 12. The monoisotopic (exact) mass is 734 g/mol. The van der Waals surface area contributed by atoms with Crippen molar-refractivity contribution in [2.24, 2.45) is 0 Å². The summed E-state index contributed by atoms with van der Waals surface area (Å²) in [6.07, 6.45) is 47.8. The molecule has 0 unspecified atom stereocenters. The third-order valence-corrected chi connectivity index (χ3v) is 8.49. The minimum absolute atomic E-state index is 0.140. The van der Waals surface area contributed by atoms with Gasteiger partial charge in [0.2, 0.25) is 0 Å². The first-order valence-corrected chi connectivity index (χ1v) is 21.3. The standard InChI is InChI=1S/C42H71O8P/c1-3-5-7-9-11-13-15-17-19-20-21-22-23-25-26-28-30-32-34-36-41(43)48-38-40(39-49-51(45,46)47)50-42(44)37-35-33-31-29-27-24-18-16-14-12-10-8-6-4-2/h5,7,11,13,17,19,21-22,25-26,30,32,40H,3-4,6,8-10,12,14-16,18,20,23-24,27-29,31,33-39H2,1-2H3,(H2,45,46,47)/b7-5-,13-11-,19-17-,22-21-,26-25-,32-30-/t40-/m1/s1.